The van der Waals surface area contributed by atoms with Crippen LogP contribution in [0.4, 0.5) is 19.0 Å². The van der Waals surface area contributed by atoms with Gasteiger partial charge in [0, 0.05) is 16.5 Å². The van der Waals surface area contributed by atoms with Gasteiger partial charge in [-0.3, -0.25) is 4.99 Å². The number of rotatable bonds is 4. The third-order valence-corrected chi connectivity index (χ3v) is 5.87. The number of halogens is 3. The van der Waals surface area contributed by atoms with Gasteiger partial charge in [0.1, 0.15) is 22.9 Å². The topological polar surface area (TPSA) is 59.4 Å². The number of hydrogen-bond acceptors (Lipinski definition) is 5. The second kappa shape index (κ2) is 8.44. The summed E-state index contributed by atoms with van der Waals surface area (Å²) in [6, 6.07) is 18.5. The second-order valence-electron chi connectivity index (χ2n) is 7.91. The van der Waals surface area contributed by atoms with E-state index in [1.807, 2.05) is 24.3 Å². The van der Waals surface area contributed by atoms with E-state index in [4.69, 9.17) is 9.73 Å². The van der Waals surface area contributed by atoms with Crippen molar-refractivity contribution < 1.29 is 17.9 Å². The van der Waals surface area contributed by atoms with E-state index in [1.54, 1.807) is 18.2 Å². The fourth-order valence-electron chi connectivity index (χ4n) is 4.25. The zero-order chi connectivity index (χ0) is 23.9. The molecule has 172 valence electrons. The van der Waals surface area contributed by atoms with Crippen molar-refractivity contribution >= 4 is 22.6 Å². The number of fused-ring (bicyclic) bond motifs is 2. The van der Waals surface area contributed by atoms with Crippen LogP contribution in [-0.4, -0.2) is 22.9 Å². The van der Waals surface area contributed by atoms with Crippen LogP contribution in [-0.2, 0) is 6.18 Å². The van der Waals surface area contributed by atoms with Crippen molar-refractivity contribution in [2.24, 2.45) is 4.99 Å². The van der Waals surface area contributed by atoms with Gasteiger partial charge in [-0.1, -0.05) is 55.5 Å². The van der Waals surface area contributed by atoms with Crippen LogP contribution in [0, 0.1) is 0 Å². The molecule has 0 spiro atoms. The van der Waals surface area contributed by atoms with Gasteiger partial charge in [0.2, 0.25) is 0 Å². The van der Waals surface area contributed by atoms with Crippen LogP contribution in [0.5, 0.6) is 5.75 Å². The quantitative estimate of drug-likeness (QED) is 0.369. The molecule has 34 heavy (non-hydrogen) atoms. The molecule has 3 aromatic carbocycles. The largest absolute Gasteiger partial charge is 0.494 e. The third kappa shape index (κ3) is 3.75. The first-order valence-corrected chi connectivity index (χ1v) is 10.9. The lowest BCUT2D eigenvalue weighted by Gasteiger charge is -2.16. The summed E-state index contributed by atoms with van der Waals surface area (Å²) in [6.07, 6.45) is -3.73. The molecule has 0 amide bonds. The molecule has 1 aliphatic rings. The summed E-state index contributed by atoms with van der Waals surface area (Å²) >= 11 is 0. The third-order valence-electron chi connectivity index (χ3n) is 5.87. The van der Waals surface area contributed by atoms with E-state index < -0.39 is 11.7 Å². The number of amidine groups is 1. The highest BCUT2D eigenvalue weighted by atomic mass is 19.4. The molecule has 0 saturated carbocycles. The van der Waals surface area contributed by atoms with Crippen molar-refractivity contribution in [3.63, 3.8) is 0 Å². The minimum Gasteiger partial charge on any atom is -0.494 e. The highest BCUT2D eigenvalue weighted by molar-refractivity contribution is 6.13. The average molecular weight is 462 g/mol. The van der Waals surface area contributed by atoms with Crippen molar-refractivity contribution in [3.8, 4) is 17.1 Å². The molecule has 5 nitrogen and oxygen atoms in total. The molecule has 4 aromatic rings. The van der Waals surface area contributed by atoms with Crippen LogP contribution >= 0.6 is 0 Å². The minimum absolute atomic E-state index is 0.00626. The lowest BCUT2D eigenvalue weighted by Crippen LogP contribution is -2.14. The molecule has 1 aromatic heterocycles. The number of para-hydroxylation sites is 1. The Bertz CT molecular complexity index is 1420. The molecule has 1 atom stereocenters. The van der Waals surface area contributed by atoms with Crippen LogP contribution in [0.3, 0.4) is 0 Å². The van der Waals surface area contributed by atoms with E-state index in [0.717, 1.165) is 23.6 Å². The Morgan fingerprint density at radius 1 is 0.912 bits per heavy atom. The number of alkyl halides is 3. The first-order chi connectivity index (χ1) is 16.4. The molecule has 0 bridgehead atoms. The van der Waals surface area contributed by atoms with Crippen molar-refractivity contribution in [1.29, 1.82) is 0 Å². The predicted molar refractivity (Wildman–Crippen MR) is 126 cm³/mol. The fourth-order valence-corrected chi connectivity index (χ4v) is 4.25. The number of ether oxygens (including phenoxy) is 1. The monoisotopic (exact) mass is 462 g/mol. The van der Waals surface area contributed by atoms with Crippen molar-refractivity contribution in [3.05, 3.63) is 83.4 Å². The highest BCUT2D eigenvalue weighted by Crippen LogP contribution is 2.39. The normalized spacial score (nSPS) is 15.2. The van der Waals surface area contributed by atoms with Crippen molar-refractivity contribution in [1.82, 2.24) is 9.97 Å². The van der Waals surface area contributed by atoms with E-state index in [-0.39, 0.29) is 17.4 Å². The van der Waals surface area contributed by atoms with Gasteiger partial charge in [-0.2, -0.15) is 13.2 Å². The molecule has 8 heteroatoms. The van der Waals surface area contributed by atoms with Gasteiger partial charge in [-0.25, -0.2) is 9.97 Å². The standard InChI is InChI=1S/C26H21F3N4O/c1-3-20-15-9-4-5-10-16(15)23(30-20)32-25-18-12-8-14-21(34-2)22(18)31-24(33-25)17-11-6-7-13-19(17)26(27,28)29/h4-14,20H,3H2,1-2H3,(H,30,31,32,33). The SMILES string of the molecule is CCC1N=C(Nc2nc(-c3ccccc3C(F)(F)F)nc3c(OC)cccc23)c2ccccc21. The van der Waals surface area contributed by atoms with Crippen molar-refractivity contribution in [2.75, 3.05) is 12.4 Å². The zero-order valence-electron chi connectivity index (χ0n) is 18.5. The number of methoxy groups -OCH3 is 1. The molecule has 0 aliphatic carbocycles. The fraction of sp³-hybridized carbons (Fsp3) is 0.192. The van der Waals surface area contributed by atoms with E-state index in [1.165, 1.54) is 25.3 Å². The van der Waals surface area contributed by atoms with E-state index in [0.29, 0.717) is 28.3 Å². The first kappa shape index (κ1) is 21.9. The molecule has 5 rings (SSSR count). The number of hydrogen-bond donors (Lipinski definition) is 1. The predicted octanol–water partition coefficient (Wildman–Crippen LogP) is 6.65. The first-order valence-electron chi connectivity index (χ1n) is 10.9. The Labute approximate surface area is 194 Å². The minimum atomic E-state index is -4.55. The van der Waals surface area contributed by atoms with Gasteiger partial charge in [-0.15, -0.1) is 0 Å². The summed E-state index contributed by atoms with van der Waals surface area (Å²) in [4.78, 5) is 13.8. The number of nitrogens with one attached hydrogen (secondary N) is 1. The van der Waals surface area contributed by atoms with Crippen LogP contribution in [0.15, 0.2) is 71.7 Å². The lowest BCUT2D eigenvalue weighted by atomic mass is 10.0. The summed E-state index contributed by atoms with van der Waals surface area (Å²) in [7, 11) is 1.50. The van der Waals surface area contributed by atoms with Crippen molar-refractivity contribution in [2.45, 2.75) is 25.6 Å². The number of aliphatic imine (C=N–C) groups is 1. The van der Waals surface area contributed by atoms with Gasteiger partial charge in [0.05, 0.1) is 18.7 Å². The van der Waals surface area contributed by atoms with E-state index in [2.05, 4.69) is 22.2 Å². The summed E-state index contributed by atoms with van der Waals surface area (Å²) in [5, 5.41) is 3.90. The Balaban J connectivity index is 1.71. The van der Waals surface area contributed by atoms with E-state index >= 15 is 0 Å². The molecule has 0 fully saturated rings. The van der Waals surface area contributed by atoms with Crippen LogP contribution in [0.1, 0.15) is 36.1 Å². The molecular formula is C26H21F3N4O. The molecule has 1 unspecified atom stereocenters. The molecule has 1 aliphatic heterocycles. The van der Waals surface area contributed by atoms with Crippen LogP contribution < -0.4 is 10.1 Å². The van der Waals surface area contributed by atoms with Crippen LogP contribution in [0.25, 0.3) is 22.3 Å². The summed E-state index contributed by atoms with van der Waals surface area (Å²) in [5.41, 5.74) is 1.55. The molecule has 0 saturated heterocycles. The average Bonchev–Trinajstić information content (AvgIpc) is 3.20. The number of benzene rings is 3. The second-order valence-corrected chi connectivity index (χ2v) is 7.91. The highest BCUT2D eigenvalue weighted by Gasteiger charge is 2.34. The Kier molecular flexibility index (Phi) is 5.43. The van der Waals surface area contributed by atoms with Gasteiger partial charge in [0.25, 0.3) is 0 Å². The van der Waals surface area contributed by atoms with Gasteiger partial charge < -0.3 is 10.1 Å². The van der Waals surface area contributed by atoms with Crippen LogP contribution in [0.2, 0.25) is 0 Å². The van der Waals surface area contributed by atoms with E-state index in [9.17, 15) is 13.2 Å². The maximum absolute atomic E-state index is 13.8. The number of anilines is 1. The maximum atomic E-state index is 13.8. The molecular weight excluding hydrogens is 441 g/mol. The summed E-state index contributed by atoms with van der Waals surface area (Å²) < 4.78 is 46.7. The van der Waals surface area contributed by atoms with Gasteiger partial charge >= 0.3 is 6.18 Å². The molecule has 2 heterocycles. The Morgan fingerprint density at radius 2 is 1.65 bits per heavy atom. The summed E-state index contributed by atoms with van der Waals surface area (Å²) in [6.45, 7) is 2.06. The Hall–Kier alpha value is -3.94. The Morgan fingerprint density at radius 3 is 2.38 bits per heavy atom. The molecule has 0 radical (unpaired) electrons. The smallest absolute Gasteiger partial charge is 0.417 e. The zero-order valence-corrected chi connectivity index (χ0v) is 18.5. The molecule has 1 N–H and O–H groups in total. The van der Waals surface area contributed by atoms with Gasteiger partial charge in [0.15, 0.2) is 5.82 Å². The number of nitrogens with zero attached hydrogens (tertiary/aromatic N) is 3. The van der Waals surface area contributed by atoms with Gasteiger partial charge in [-0.05, 0) is 30.2 Å². The summed E-state index contributed by atoms with van der Waals surface area (Å²) in [5.74, 6) is 1.38. The lowest BCUT2D eigenvalue weighted by molar-refractivity contribution is -0.137. The maximum Gasteiger partial charge on any atom is 0.417 e. The number of aromatic nitrogens is 2.